The topological polar surface area (TPSA) is 95.2 Å². The second kappa shape index (κ2) is 8.96. The Kier molecular flexibility index (Phi) is 5.86. The second-order valence-corrected chi connectivity index (χ2v) is 10.3. The number of rotatable bonds is 6. The van der Waals surface area contributed by atoms with E-state index in [2.05, 4.69) is 20.4 Å². The molecule has 1 aliphatic heterocycles. The predicted octanol–water partition coefficient (Wildman–Crippen LogP) is 4.36. The number of aromatic amines is 1. The van der Waals surface area contributed by atoms with Crippen LogP contribution in [0.4, 0.5) is 5.69 Å². The minimum absolute atomic E-state index is 0.0433. The maximum Gasteiger partial charge on any atom is 0.226 e. The summed E-state index contributed by atoms with van der Waals surface area (Å²) in [7, 11) is -3.88. The first-order valence-corrected chi connectivity index (χ1v) is 12.7. The summed E-state index contributed by atoms with van der Waals surface area (Å²) in [6.07, 6.45) is 4.02. The van der Waals surface area contributed by atoms with Gasteiger partial charge in [-0.05, 0) is 49.5 Å². The van der Waals surface area contributed by atoms with Gasteiger partial charge in [0, 0.05) is 23.7 Å². The van der Waals surface area contributed by atoms with Crippen LogP contribution in [0.25, 0.3) is 21.7 Å². The fraction of sp³-hybridized carbons (Fsp3) is 0.280. The van der Waals surface area contributed by atoms with E-state index in [4.69, 9.17) is 0 Å². The van der Waals surface area contributed by atoms with Crippen LogP contribution in [-0.4, -0.2) is 49.1 Å². The Labute approximate surface area is 192 Å². The predicted molar refractivity (Wildman–Crippen MR) is 129 cm³/mol. The molecule has 2 heterocycles. The van der Waals surface area contributed by atoms with Gasteiger partial charge >= 0.3 is 0 Å². The highest BCUT2D eigenvalue weighted by Crippen LogP contribution is 2.33. The molecule has 1 fully saturated rings. The van der Waals surface area contributed by atoms with Crippen molar-refractivity contribution < 1.29 is 13.2 Å². The molecule has 1 aromatic heterocycles. The molecule has 0 atom stereocenters. The van der Waals surface area contributed by atoms with E-state index in [1.165, 1.54) is 19.3 Å². The van der Waals surface area contributed by atoms with Crippen LogP contribution in [-0.2, 0) is 14.6 Å². The number of likely N-dealkylation sites (tertiary alicyclic amines) is 1. The number of anilines is 1. The number of hydrogen-bond donors (Lipinski definition) is 2. The van der Waals surface area contributed by atoms with Crippen molar-refractivity contribution in [3.63, 3.8) is 0 Å². The van der Waals surface area contributed by atoms with Gasteiger partial charge in [0.1, 0.15) is 0 Å². The van der Waals surface area contributed by atoms with Crippen LogP contribution in [0.5, 0.6) is 0 Å². The van der Waals surface area contributed by atoms with E-state index in [9.17, 15) is 13.2 Å². The number of amides is 1. The third-order valence-electron chi connectivity index (χ3n) is 6.24. The van der Waals surface area contributed by atoms with Crippen molar-refractivity contribution in [3.05, 3.63) is 60.7 Å². The summed E-state index contributed by atoms with van der Waals surface area (Å²) in [6.45, 7) is 2.81. The molecule has 1 aliphatic rings. The lowest BCUT2D eigenvalue weighted by atomic mass is 10.1. The molecule has 33 heavy (non-hydrogen) atoms. The molecule has 7 nitrogen and oxygen atoms in total. The van der Waals surface area contributed by atoms with Crippen molar-refractivity contribution in [3.8, 4) is 0 Å². The van der Waals surface area contributed by atoms with Crippen molar-refractivity contribution in [2.45, 2.75) is 35.6 Å². The number of carbonyl (C=O) groups excluding carboxylic acids is 1. The van der Waals surface area contributed by atoms with Crippen LogP contribution in [0, 0.1) is 0 Å². The number of piperidine rings is 1. The normalized spacial score (nSPS) is 15.2. The summed E-state index contributed by atoms with van der Waals surface area (Å²) in [6, 6.07) is 17.8. The van der Waals surface area contributed by atoms with Crippen LogP contribution in [0.2, 0.25) is 0 Å². The molecule has 5 rings (SSSR count). The monoisotopic (exact) mass is 462 g/mol. The summed E-state index contributed by atoms with van der Waals surface area (Å²) < 4.78 is 27.1. The number of sulfone groups is 1. The van der Waals surface area contributed by atoms with E-state index in [1.807, 2.05) is 24.3 Å². The number of nitrogens with zero attached hydrogens (tertiary/aromatic N) is 2. The largest absolute Gasteiger partial charge is 0.324 e. The van der Waals surface area contributed by atoms with E-state index in [1.54, 1.807) is 36.4 Å². The van der Waals surface area contributed by atoms with Crippen molar-refractivity contribution in [2.75, 3.05) is 25.0 Å². The van der Waals surface area contributed by atoms with Crippen molar-refractivity contribution in [1.29, 1.82) is 0 Å². The minimum atomic E-state index is -3.88. The van der Waals surface area contributed by atoms with Gasteiger partial charge in [-0.15, -0.1) is 0 Å². The average Bonchev–Trinajstić information content (AvgIpc) is 3.29. The summed E-state index contributed by atoms with van der Waals surface area (Å²) in [5, 5.41) is 11.8. The Morgan fingerprint density at radius 2 is 1.67 bits per heavy atom. The summed E-state index contributed by atoms with van der Waals surface area (Å²) >= 11 is 0. The highest BCUT2D eigenvalue weighted by molar-refractivity contribution is 7.91. The number of hydrogen-bond acceptors (Lipinski definition) is 5. The van der Waals surface area contributed by atoms with E-state index < -0.39 is 9.84 Å². The molecule has 170 valence electrons. The lowest BCUT2D eigenvalue weighted by molar-refractivity contribution is -0.116. The van der Waals surface area contributed by atoms with Crippen LogP contribution < -0.4 is 5.32 Å². The number of carbonyl (C=O) groups is 1. The molecule has 2 N–H and O–H groups in total. The zero-order valence-electron chi connectivity index (χ0n) is 18.3. The SMILES string of the molecule is O=C(CCN1CCCCC1)Nc1cccc2c(S(=O)(=O)c3cccc4ccccc34)n[nH]c12. The molecule has 8 heteroatoms. The van der Waals surface area contributed by atoms with Crippen LogP contribution in [0.1, 0.15) is 25.7 Å². The zero-order valence-corrected chi connectivity index (χ0v) is 19.1. The van der Waals surface area contributed by atoms with Gasteiger partial charge in [0.15, 0.2) is 5.03 Å². The Hall–Kier alpha value is -3.23. The van der Waals surface area contributed by atoms with Gasteiger partial charge in [-0.2, -0.15) is 5.10 Å². The van der Waals surface area contributed by atoms with E-state index in [0.717, 1.165) is 25.0 Å². The van der Waals surface area contributed by atoms with E-state index in [-0.39, 0.29) is 15.8 Å². The highest BCUT2D eigenvalue weighted by atomic mass is 32.2. The maximum absolute atomic E-state index is 13.6. The third kappa shape index (κ3) is 4.24. The van der Waals surface area contributed by atoms with Crippen LogP contribution in [0.3, 0.4) is 0 Å². The number of fused-ring (bicyclic) bond motifs is 2. The number of H-pyrrole nitrogens is 1. The Balaban J connectivity index is 1.43. The fourth-order valence-corrected chi connectivity index (χ4v) is 6.08. The smallest absolute Gasteiger partial charge is 0.226 e. The molecular weight excluding hydrogens is 436 g/mol. The fourth-order valence-electron chi connectivity index (χ4n) is 4.52. The number of aromatic nitrogens is 2. The number of nitrogens with one attached hydrogen (secondary N) is 2. The van der Waals surface area contributed by atoms with E-state index in [0.29, 0.717) is 28.4 Å². The number of benzene rings is 3. The quantitative estimate of drug-likeness (QED) is 0.444. The van der Waals surface area contributed by atoms with Crippen molar-refractivity contribution >= 4 is 43.1 Å². The van der Waals surface area contributed by atoms with Crippen molar-refractivity contribution in [1.82, 2.24) is 15.1 Å². The van der Waals surface area contributed by atoms with E-state index >= 15 is 0 Å². The molecule has 1 saturated heterocycles. The van der Waals surface area contributed by atoms with Gasteiger partial charge in [-0.25, -0.2) is 8.42 Å². The second-order valence-electron chi connectivity index (χ2n) is 8.44. The molecule has 4 aromatic rings. The van der Waals surface area contributed by atoms with Gasteiger partial charge in [-0.1, -0.05) is 48.9 Å². The summed E-state index contributed by atoms with van der Waals surface area (Å²) in [5.41, 5.74) is 1.03. The van der Waals surface area contributed by atoms with Gasteiger partial charge in [0.2, 0.25) is 15.7 Å². The summed E-state index contributed by atoms with van der Waals surface area (Å²) in [5.74, 6) is -0.0962. The number of para-hydroxylation sites is 1. The average molecular weight is 463 g/mol. The lowest BCUT2D eigenvalue weighted by Gasteiger charge is -2.25. The molecular formula is C25H26N4O3S. The molecule has 0 unspecified atom stereocenters. The zero-order chi connectivity index (χ0) is 22.8. The molecule has 0 aliphatic carbocycles. The lowest BCUT2D eigenvalue weighted by Crippen LogP contribution is -2.32. The highest BCUT2D eigenvalue weighted by Gasteiger charge is 2.26. The Bertz CT molecular complexity index is 1420. The Morgan fingerprint density at radius 1 is 0.939 bits per heavy atom. The summed E-state index contributed by atoms with van der Waals surface area (Å²) in [4.78, 5) is 15.1. The maximum atomic E-state index is 13.6. The van der Waals surface area contributed by atoms with Gasteiger partial charge in [-0.3, -0.25) is 9.89 Å². The minimum Gasteiger partial charge on any atom is -0.324 e. The molecule has 0 bridgehead atoms. The van der Waals surface area contributed by atoms with Crippen LogP contribution in [0.15, 0.2) is 70.6 Å². The van der Waals surface area contributed by atoms with Gasteiger partial charge in [0.25, 0.3) is 0 Å². The first-order valence-electron chi connectivity index (χ1n) is 11.3. The molecule has 1 amide bonds. The standard InChI is InChI=1S/C25H26N4O3S/c30-23(14-17-29-15-4-1-5-16-29)26-21-12-7-11-20-24(21)27-28-25(20)33(31,32)22-13-6-9-18-8-2-3-10-19(18)22/h2-3,6-13H,1,4-5,14-17H2,(H,26,30)(H,27,28). The molecule has 0 spiro atoms. The van der Waals surface area contributed by atoms with Gasteiger partial charge < -0.3 is 10.2 Å². The molecule has 0 saturated carbocycles. The first kappa shape index (κ1) is 21.6. The molecule has 3 aromatic carbocycles. The third-order valence-corrected chi connectivity index (χ3v) is 7.99. The Morgan fingerprint density at radius 3 is 2.52 bits per heavy atom. The first-order chi connectivity index (χ1) is 16.0. The van der Waals surface area contributed by atoms with Gasteiger partial charge in [0.05, 0.1) is 16.1 Å². The molecule has 0 radical (unpaired) electrons. The van der Waals surface area contributed by atoms with Crippen molar-refractivity contribution in [2.24, 2.45) is 0 Å². The van der Waals surface area contributed by atoms with Crippen LogP contribution >= 0.6 is 0 Å².